The number of likely N-dealkylation sites (tertiary alicyclic amines) is 1. The summed E-state index contributed by atoms with van der Waals surface area (Å²) in [5.74, 6) is -0.115. The highest BCUT2D eigenvalue weighted by Gasteiger charge is 2.34. The maximum atomic E-state index is 13.5. The molecule has 3 aliphatic heterocycles. The fraction of sp³-hybridized carbons (Fsp3) is 0.708. The molecule has 0 N–H and O–H groups in total. The van der Waals surface area contributed by atoms with E-state index in [-0.39, 0.29) is 34.1 Å². The van der Waals surface area contributed by atoms with Crippen LogP contribution in [-0.2, 0) is 14.8 Å². The molecule has 0 aromatic heterocycles. The Bertz CT molecular complexity index is 939. The number of carbonyl (C=O) groups is 1. The summed E-state index contributed by atoms with van der Waals surface area (Å²) < 4.78 is 34.1. The van der Waals surface area contributed by atoms with Gasteiger partial charge in [0.1, 0.15) is 4.90 Å². The van der Waals surface area contributed by atoms with Gasteiger partial charge in [-0.2, -0.15) is 4.31 Å². The SMILES string of the molecule is C[C@@H]1CN(C[C@@H]2CCCN2C(=O)c2ccc(Cl)c(S(=O)(=O)N3CCCCCC3)c2)C[C@@H](C)O1. The van der Waals surface area contributed by atoms with Gasteiger partial charge in [-0.15, -0.1) is 0 Å². The predicted molar refractivity (Wildman–Crippen MR) is 129 cm³/mol. The van der Waals surface area contributed by atoms with Gasteiger partial charge in [0.15, 0.2) is 0 Å². The third kappa shape index (κ3) is 5.73. The topological polar surface area (TPSA) is 70.2 Å². The van der Waals surface area contributed by atoms with E-state index < -0.39 is 10.0 Å². The van der Waals surface area contributed by atoms with Gasteiger partial charge < -0.3 is 9.64 Å². The van der Waals surface area contributed by atoms with Gasteiger partial charge in [-0.1, -0.05) is 24.4 Å². The number of benzene rings is 1. The molecule has 0 radical (unpaired) electrons. The number of amides is 1. The van der Waals surface area contributed by atoms with Crippen LogP contribution in [0.15, 0.2) is 23.1 Å². The van der Waals surface area contributed by atoms with Crippen molar-refractivity contribution in [2.75, 3.05) is 39.3 Å². The van der Waals surface area contributed by atoms with Crippen LogP contribution in [0.2, 0.25) is 5.02 Å². The van der Waals surface area contributed by atoms with Crippen molar-refractivity contribution < 1.29 is 17.9 Å². The summed E-state index contributed by atoms with van der Waals surface area (Å²) in [5, 5.41) is 0.171. The lowest BCUT2D eigenvalue weighted by Gasteiger charge is -2.38. The van der Waals surface area contributed by atoms with E-state index in [1.165, 1.54) is 10.4 Å². The monoisotopic (exact) mass is 497 g/mol. The molecule has 3 aliphatic rings. The van der Waals surface area contributed by atoms with Crippen LogP contribution in [0.5, 0.6) is 0 Å². The Morgan fingerprint density at radius 1 is 1.03 bits per heavy atom. The van der Waals surface area contributed by atoms with Gasteiger partial charge >= 0.3 is 0 Å². The summed E-state index contributed by atoms with van der Waals surface area (Å²) in [6, 6.07) is 4.81. The van der Waals surface area contributed by atoms with E-state index in [0.29, 0.717) is 25.2 Å². The number of halogens is 1. The van der Waals surface area contributed by atoms with E-state index in [1.807, 2.05) is 4.90 Å². The van der Waals surface area contributed by atoms with E-state index in [2.05, 4.69) is 18.7 Å². The van der Waals surface area contributed by atoms with Crippen LogP contribution in [0.3, 0.4) is 0 Å². The minimum Gasteiger partial charge on any atom is -0.373 e. The number of hydrogen-bond acceptors (Lipinski definition) is 5. The van der Waals surface area contributed by atoms with Crippen LogP contribution in [0.1, 0.15) is 62.7 Å². The standard InChI is InChI=1S/C24H36ClN3O4S/c1-18-15-26(16-19(2)32-18)17-21-8-7-13-28(21)24(29)20-9-10-22(25)23(14-20)33(30,31)27-11-5-3-4-6-12-27/h9-10,14,18-19,21H,3-8,11-13,15-17H2,1-2H3/t18-,19-,21+/m1/s1. The number of sulfonamides is 1. The van der Waals surface area contributed by atoms with Gasteiger partial charge in [0.25, 0.3) is 5.91 Å². The minimum absolute atomic E-state index is 0.0449. The zero-order valence-corrected chi connectivity index (χ0v) is 21.3. The second-order valence-corrected chi connectivity index (χ2v) is 12.0. The molecule has 0 saturated carbocycles. The number of rotatable bonds is 5. The van der Waals surface area contributed by atoms with Gasteiger partial charge in [0, 0.05) is 50.9 Å². The zero-order chi connectivity index (χ0) is 23.6. The van der Waals surface area contributed by atoms with Gasteiger partial charge in [-0.05, 0) is 57.7 Å². The molecule has 3 atom stereocenters. The highest BCUT2D eigenvalue weighted by atomic mass is 35.5. The van der Waals surface area contributed by atoms with Crippen molar-refractivity contribution in [1.82, 2.24) is 14.1 Å². The Kier molecular flexibility index (Phi) is 8.01. The molecular formula is C24H36ClN3O4S. The molecule has 4 rings (SSSR count). The van der Waals surface area contributed by atoms with Crippen LogP contribution in [0.4, 0.5) is 0 Å². The largest absolute Gasteiger partial charge is 0.373 e. The van der Waals surface area contributed by atoms with Crippen molar-refractivity contribution >= 4 is 27.5 Å². The highest BCUT2D eigenvalue weighted by Crippen LogP contribution is 2.29. The molecule has 1 amide bonds. The Labute approximate surface area is 203 Å². The fourth-order valence-electron chi connectivity index (χ4n) is 5.45. The Balaban J connectivity index is 1.52. The summed E-state index contributed by atoms with van der Waals surface area (Å²) in [7, 11) is -3.74. The van der Waals surface area contributed by atoms with Crippen molar-refractivity contribution in [2.45, 2.75) is 75.5 Å². The van der Waals surface area contributed by atoms with E-state index in [9.17, 15) is 13.2 Å². The first-order valence-corrected chi connectivity index (χ1v) is 14.1. The molecule has 9 heteroatoms. The molecule has 0 spiro atoms. The smallest absolute Gasteiger partial charge is 0.254 e. The van der Waals surface area contributed by atoms with Crippen LogP contribution in [-0.4, -0.2) is 85.9 Å². The van der Waals surface area contributed by atoms with E-state index in [0.717, 1.165) is 58.2 Å². The molecule has 7 nitrogen and oxygen atoms in total. The molecule has 33 heavy (non-hydrogen) atoms. The summed E-state index contributed by atoms with van der Waals surface area (Å²) in [6.07, 6.45) is 6.05. The van der Waals surface area contributed by atoms with E-state index in [4.69, 9.17) is 16.3 Å². The van der Waals surface area contributed by atoms with E-state index in [1.54, 1.807) is 12.1 Å². The lowest BCUT2D eigenvalue weighted by molar-refractivity contribution is -0.0715. The minimum atomic E-state index is -3.74. The first-order chi connectivity index (χ1) is 15.8. The van der Waals surface area contributed by atoms with Crippen LogP contribution in [0, 0.1) is 0 Å². The molecule has 1 aromatic carbocycles. The van der Waals surface area contributed by atoms with Gasteiger partial charge in [0.05, 0.1) is 17.2 Å². The second-order valence-electron chi connectivity index (χ2n) is 9.73. The lowest BCUT2D eigenvalue weighted by Crippen LogP contribution is -2.50. The average molecular weight is 498 g/mol. The highest BCUT2D eigenvalue weighted by molar-refractivity contribution is 7.89. The first kappa shape index (κ1) is 24.9. The number of hydrogen-bond donors (Lipinski definition) is 0. The summed E-state index contributed by atoms with van der Waals surface area (Å²) in [4.78, 5) is 17.8. The molecule has 0 unspecified atom stereocenters. The molecule has 3 saturated heterocycles. The quantitative estimate of drug-likeness (QED) is 0.621. The molecule has 3 heterocycles. The van der Waals surface area contributed by atoms with Crippen molar-refractivity contribution in [2.24, 2.45) is 0 Å². The Morgan fingerprint density at radius 3 is 2.36 bits per heavy atom. The van der Waals surface area contributed by atoms with Crippen LogP contribution >= 0.6 is 11.6 Å². The van der Waals surface area contributed by atoms with Gasteiger partial charge in [-0.25, -0.2) is 8.42 Å². The normalized spacial score (nSPS) is 28.1. The molecular weight excluding hydrogens is 462 g/mol. The third-order valence-electron chi connectivity index (χ3n) is 6.96. The molecule has 0 aliphatic carbocycles. The van der Waals surface area contributed by atoms with Gasteiger partial charge in [0.2, 0.25) is 10.0 Å². The maximum absolute atomic E-state index is 13.5. The zero-order valence-electron chi connectivity index (χ0n) is 19.7. The Morgan fingerprint density at radius 2 is 1.70 bits per heavy atom. The molecule has 3 fully saturated rings. The van der Waals surface area contributed by atoms with Crippen molar-refractivity contribution in [3.05, 3.63) is 28.8 Å². The van der Waals surface area contributed by atoms with E-state index >= 15 is 0 Å². The van der Waals surface area contributed by atoms with Crippen molar-refractivity contribution in [3.8, 4) is 0 Å². The fourth-order valence-corrected chi connectivity index (χ4v) is 7.46. The molecule has 1 aromatic rings. The molecule has 184 valence electrons. The van der Waals surface area contributed by atoms with Crippen LogP contribution in [0.25, 0.3) is 0 Å². The summed E-state index contributed by atoms with van der Waals surface area (Å²) in [5.41, 5.74) is 0.392. The average Bonchev–Trinajstić information content (AvgIpc) is 3.03. The number of carbonyl (C=O) groups excluding carboxylic acids is 1. The number of ether oxygens (including phenoxy) is 1. The summed E-state index contributed by atoms with van der Waals surface area (Å²) in [6.45, 7) is 8.40. The predicted octanol–water partition coefficient (Wildman–Crippen LogP) is 3.62. The number of nitrogens with zero attached hydrogens (tertiary/aromatic N) is 3. The maximum Gasteiger partial charge on any atom is 0.254 e. The Hall–Kier alpha value is -1.19. The lowest BCUT2D eigenvalue weighted by atomic mass is 10.1. The van der Waals surface area contributed by atoms with Crippen molar-refractivity contribution in [1.29, 1.82) is 0 Å². The summed E-state index contributed by atoms with van der Waals surface area (Å²) >= 11 is 6.34. The van der Waals surface area contributed by atoms with Crippen molar-refractivity contribution in [3.63, 3.8) is 0 Å². The molecule has 0 bridgehead atoms. The second kappa shape index (κ2) is 10.6. The third-order valence-corrected chi connectivity index (χ3v) is 9.34. The van der Waals surface area contributed by atoms with Crippen LogP contribution < -0.4 is 0 Å². The first-order valence-electron chi connectivity index (χ1n) is 12.2. The number of morpholine rings is 1. The van der Waals surface area contributed by atoms with Gasteiger partial charge in [-0.3, -0.25) is 9.69 Å².